The Morgan fingerprint density at radius 3 is 2.50 bits per heavy atom. The van der Waals surface area contributed by atoms with Crippen molar-refractivity contribution >= 4 is 5.97 Å². The highest BCUT2D eigenvalue weighted by atomic mass is 16.7. The number of rotatable bonds is 12. The Labute approximate surface area is 235 Å². The number of ether oxygens (including phenoxy) is 6. The highest BCUT2D eigenvalue weighted by Gasteiger charge is 2.53. The van der Waals surface area contributed by atoms with Crippen LogP contribution in [0, 0.1) is 17.8 Å². The third-order valence-corrected chi connectivity index (χ3v) is 8.70. The fourth-order valence-corrected chi connectivity index (χ4v) is 6.27. The van der Waals surface area contributed by atoms with E-state index in [1.54, 1.807) is 13.8 Å². The van der Waals surface area contributed by atoms with Crippen LogP contribution in [0.15, 0.2) is 0 Å². The zero-order valence-electron chi connectivity index (χ0n) is 23.7. The van der Waals surface area contributed by atoms with Crippen molar-refractivity contribution in [1.82, 2.24) is 0 Å². The summed E-state index contributed by atoms with van der Waals surface area (Å²) in [6, 6.07) is 0. The lowest BCUT2D eigenvalue weighted by molar-refractivity contribution is -0.342. The number of hydrogen-bond donors (Lipinski definition) is 5. The Morgan fingerprint density at radius 2 is 1.85 bits per heavy atom. The van der Waals surface area contributed by atoms with Gasteiger partial charge in [-0.3, -0.25) is 0 Å². The molecule has 2 heterocycles. The largest absolute Gasteiger partial charge is 0.479 e. The third kappa shape index (κ3) is 7.91. The van der Waals surface area contributed by atoms with Crippen molar-refractivity contribution in [3.05, 3.63) is 0 Å². The average molecular weight is 577 g/mol. The van der Waals surface area contributed by atoms with Crippen molar-refractivity contribution in [3.63, 3.8) is 0 Å². The summed E-state index contributed by atoms with van der Waals surface area (Å²) in [5.41, 5.74) is 0. The summed E-state index contributed by atoms with van der Waals surface area (Å²) in [4.78, 5) is 12.0. The van der Waals surface area contributed by atoms with Gasteiger partial charge in [0.25, 0.3) is 0 Å². The van der Waals surface area contributed by atoms with Gasteiger partial charge in [-0.15, -0.1) is 0 Å². The van der Waals surface area contributed by atoms with E-state index in [9.17, 15) is 30.3 Å². The first kappa shape index (κ1) is 32.0. The number of fused-ring (bicyclic) bond motifs is 2. The quantitative estimate of drug-likeness (QED) is 0.207. The lowest BCUT2D eigenvalue weighted by Gasteiger charge is -2.47. The molecular weight excluding hydrogens is 528 g/mol. The molecule has 0 aromatic heterocycles. The minimum absolute atomic E-state index is 0.128. The number of carboxylic acids is 1. The molecule has 0 amide bonds. The Balaban J connectivity index is 1.56. The van der Waals surface area contributed by atoms with E-state index in [2.05, 4.69) is 6.92 Å². The first-order valence-corrected chi connectivity index (χ1v) is 14.8. The Bertz CT molecular complexity index is 797. The van der Waals surface area contributed by atoms with E-state index in [0.717, 1.165) is 25.7 Å². The summed E-state index contributed by atoms with van der Waals surface area (Å²) in [6.07, 6.45) is -4.69. The van der Waals surface area contributed by atoms with Gasteiger partial charge in [0.15, 0.2) is 18.7 Å². The number of carbonyl (C=O) groups is 1. The van der Waals surface area contributed by atoms with E-state index < -0.39 is 80.1 Å². The van der Waals surface area contributed by atoms with Gasteiger partial charge in [-0.2, -0.15) is 0 Å². The predicted octanol–water partition coefficient (Wildman–Crippen LogP) is 0.803. The summed E-state index contributed by atoms with van der Waals surface area (Å²) in [5.74, 6) is -0.584. The number of hydrogen-bond acceptors (Lipinski definition) is 11. The van der Waals surface area contributed by atoms with Crippen LogP contribution in [0.25, 0.3) is 0 Å². The number of aliphatic hydroxyl groups excluding tert-OH is 4. The second kappa shape index (κ2) is 14.5. The van der Waals surface area contributed by atoms with Crippen LogP contribution in [0.2, 0.25) is 0 Å². The summed E-state index contributed by atoms with van der Waals surface area (Å²) < 4.78 is 37.1. The highest BCUT2D eigenvalue weighted by Crippen LogP contribution is 2.45. The topological polar surface area (TPSA) is 174 Å². The average Bonchev–Trinajstić information content (AvgIpc) is 3.65. The van der Waals surface area contributed by atoms with Gasteiger partial charge in [0, 0.05) is 6.42 Å². The Hall–Kier alpha value is -0.930. The predicted molar refractivity (Wildman–Crippen MR) is 139 cm³/mol. The molecule has 2 saturated carbocycles. The Kier molecular flexibility index (Phi) is 11.6. The third-order valence-electron chi connectivity index (χ3n) is 8.70. The molecule has 2 aliphatic heterocycles. The van der Waals surface area contributed by atoms with Crippen LogP contribution in [0.4, 0.5) is 0 Å². The summed E-state index contributed by atoms with van der Waals surface area (Å²) in [5, 5.41) is 50.4. The van der Waals surface area contributed by atoms with Crippen LogP contribution in [-0.4, -0.2) is 119 Å². The first-order valence-electron chi connectivity index (χ1n) is 14.8. The molecule has 4 fully saturated rings. The number of aliphatic carboxylic acids is 1. The molecule has 0 aromatic rings. The minimum atomic E-state index is -1.31. The van der Waals surface area contributed by atoms with Gasteiger partial charge in [-0.05, 0) is 57.3 Å². The number of carboxylic acid groups (broad SMARTS) is 1. The van der Waals surface area contributed by atoms with Crippen LogP contribution in [0.5, 0.6) is 0 Å². The maximum absolute atomic E-state index is 12.0. The van der Waals surface area contributed by atoms with Crippen LogP contribution < -0.4 is 0 Å². The summed E-state index contributed by atoms with van der Waals surface area (Å²) in [7, 11) is 0. The molecule has 12 heteroatoms. The van der Waals surface area contributed by atoms with Gasteiger partial charge in [0.05, 0.1) is 44.2 Å². The van der Waals surface area contributed by atoms with E-state index in [4.69, 9.17) is 28.4 Å². The van der Waals surface area contributed by atoms with Gasteiger partial charge in [-0.1, -0.05) is 19.8 Å². The molecule has 2 saturated heterocycles. The maximum Gasteiger partial charge on any atom is 0.332 e. The van der Waals surface area contributed by atoms with Crippen molar-refractivity contribution in [1.29, 1.82) is 0 Å². The molecule has 4 aliphatic rings. The molecule has 0 bridgehead atoms. The van der Waals surface area contributed by atoms with E-state index in [1.807, 2.05) is 0 Å². The number of aliphatic hydroxyl groups is 4. The molecule has 40 heavy (non-hydrogen) atoms. The minimum Gasteiger partial charge on any atom is -0.479 e. The van der Waals surface area contributed by atoms with Crippen molar-refractivity contribution in [3.8, 4) is 0 Å². The molecule has 0 aromatic carbocycles. The van der Waals surface area contributed by atoms with Crippen LogP contribution >= 0.6 is 0 Å². The zero-order chi connectivity index (χ0) is 29.0. The summed E-state index contributed by atoms with van der Waals surface area (Å²) in [6.45, 7) is 5.11. The highest BCUT2D eigenvalue weighted by molar-refractivity contribution is 5.72. The lowest BCUT2D eigenvalue weighted by Crippen LogP contribution is -2.63. The SMILES string of the molecule is CCC1CCCC(OC2OC(CO)C(O)C3OC(C(=O)O)CC4CC4COC23)C1OC(CC(C)O)OC(C)CO. The van der Waals surface area contributed by atoms with Crippen molar-refractivity contribution in [2.45, 2.75) is 133 Å². The van der Waals surface area contributed by atoms with E-state index >= 15 is 0 Å². The molecule has 5 N–H and O–H groups in total. The molecule has 12 nitrogen and oxygen atoms in total. The van der Waals surface area contributed by atoms with Gasteiger partial charge >= 0.3 is 5.97 Å². The maximum atomic E-state index is 12.0. The van der Waals surface area contributed by atoms with Crippen LogP contribution in [0.3, 0.4) is 0 Å². The van der Waals surface area contributed by atoms with Gasteiger partial charge in [-0.25, -0.2) is 4.79 Å². The molecular formula is C28H48O12. The molecule has 14 unspecified atom stereocenters. The van der Waals surface area contributed by atoms with Crippen molar-refractivity contribution in [2.24, 2.45) is 17.8 Å². The molecule has 0 spiro atoms. The fraction of sp³-hybridized carbons (Fsp3) is 0.964. The van der Waals surface area contributed by atoms with Crippen molar-refractivity contribution < 1.29 is 58.7 Å². The lowest BCUT2D eigenvalue weighted by atomic mass is 9.82. The molecule has 2 aliphatic carbocycles. The van der Waals surface area contributed by atoms with Crippen molar-refractivity contribution in [2.75, 3.05) is 19.8 Å². The molecule has 0 radical (unpaired) electrons. The summed E-state index contributed by atoms with van der Waals surface area (Å²) >= 11 is 0. The molecule has 232 valence electrons. The zero-order valence-corrected chi connectivity index (χ0v) is 23.7. The second-order valence-corrected chi connectivity index (χ2v) is 12.0. The second-order valence-electron chi connectivity index (χ2n) is 12.0. The standard InChI is InChI=1S/C28H48O12/c1-4-16-6-5-7-19(24(16)40-22(8-14(2)31)36-15(3)11-29)38-28-26-25(23(32)21(12-30)39-28)37-20(27(33)34)10-17-9-18(17)13-35-26/h14-26,28-32H,4-13H2,1-3H3,(H,33,34). The van der Waals surface area contributed by atoms with E-state index in [1.165, 1.54) is 0 Å². The van der Waals surface area contributed by atoms with Gasteiger partial charge < -0.3 is 54.0 Å². The molecule has 4 rings (SSSR count). The molecule has 14 atom stereocenters. The van der Waals surface area contributed by atoms with Gasteiger partial charge in [0.1, 0.15) is 24.4 Å². The fourth-order valence-electron chi connectivity index (χ4n) is 6.27. The normalized spacial score (nSPS) is 42.3. The van der Waals surface area contributed by atoms with Crippen LogP contribution in [0.1, 0.15) is 65.7 Å². The smallest absolute Gasteiger partial charge is 0.332 e. The first-order chi connectivity index (χ1) is 19.1. The Morgan fingerprint density at radius 1 is 1.07 bits per heavy atom. The van der Waals surface area contributed by atoms with Gasteiger partial charge in [0.2, 0.25) is 0 Å². The van der Waals surface area contributed by atoms with Crippen LogP contribution in [-0.2, 0) is 33.2 Å². The van der Waals surface area contributed by atoms with E-state index in [0.29, 0.717) is 19.4 Å². The van der Waals surface area contributed by atoms with E-state index in [-0.39, 0.29) is 30.8 Å². The monoisotopic (exact) mass is 576 g/mol.